The lowest BCUT2D eigenvalue weighted by atomic mass is 10.1. The molecule has 0 aromatic heterocycles. The van der Waals surface area contributed by atoms with Crippen LogP contribution < -0.4 is 5.32 Å². The minimum atomic E-state index is -1.66. The minimum Gasteiger partial charge on any atom is -0.467 e. The van der Waals surface area contributed by atoms with Gasteiger partial charge in [0.15, 0.2) is 5.60 Å². The maximum Gasteiger partial charge on any atom is 0.339 e. The number of aliphatic hydroxyl groups is 1. The van der Waals surface area contributed by atoms with Crippen LogP contribution in [0.15, 0.2) is 16.6 Å². The van der Waals surface area contributed by atoms with Gasteiger partial charge in [-0.05, 0) is 47.5 Å². The lowest BCUT2D eigenvalue weighted by Gasteiger charge is -2.22. The molecule has 1 rings (SSSR count). The highest BCUT2D eigenvalue weighted by molar-refractivity contribution is 9.10. The van der Waals surface area contributed by atoms with Gasteiger partial charge in [0, 0.05) is 5.69 Å². The molecule has 0 radical (unpaired) electrons. The van der Waals surface area contributed by atoms with Crippen molar-refractivity contribution in [3.63, 3.8) is 0 Å². The Balaban J connectivity index is 2.81. The van der Waals surface area contributed by atoms with E-state index < -0.39 is 17.4 Å². The predicted molar refractivity (Wildman–Crippen MR) is 70.0 cm³/mol. The second-order valence-electron chi connectivity index (χ2n) is 4.20. The van der Waals surface area contributed by atoms with Crippen molar-refractivity contribution in [2.75, 3.05) is 19.0 Å². The van der Waals surface area contributed by atoms with E-state index in [1.54, 1.807) is 13.0 Å². The van der Waals surface area contributed by atoms with Gasteiger partial charge in [0.25, 0.3) is 0 Å². The second kappa shape index (κ2) is 5.67. The van der Waals surface area contributed by atoms with Gasteiger partial charge in [0.1, 0.15) is 5.82 Å². The molecule has 0 aliphatic carbocycles. The van der Waals surface area contributed by atoms with Gasteiger partial charge in [-0.3, -0.25) is 0 Å². The van der Waals surface area contributed by atoms with E-state index in [0.29, 0.717) is 10.2 Å². The highest BCUT2D eigenvalue weighted by Crippen LogP contribution is 2.24. The zero-order valence-corrected chi connectivity index (χ0v) is 12.0. The summed E-state index contributed by atoms with van der Waals surface area (Å²) in [6, 6.07) is 2.91. The Bertz CT molecular complexity index is 463. The molecule has 0 saturated heterocycles. The molecule has 0 fully saturated rings. The summed E-state index contributed by atoms with van der Waals surface area (Å²) < 4.78 is 18.2. The van der Waals surface area contributed by atoms with Crippen molar-refractivity contribution in [3.05, 3.63) is 28.0 Å². The third kappa shape index (κ3) is 3.43. The number of ether oxygens (including phenoxy) is 1. The Labute approximate surface area is 113 Å². The van der Waals surface area contributed by atoms with Crippen LogP contribution in [0, 0.1) is 12.7 Å². The molecule has 6 heteroatoms. The summed E-state index contributed by atoms with van der Waals surface area (Å²) >= 11 is 3.08. The Hall–Kier alpha value is -1.14. The van der Waals surface area contributed by atoms with Crippen molar-refractivity contribution in [1.29, 1.82) is 0 Å². The smallest absolute Gasteiger partial charge is 0.339 e. The van der Waals surface area contributed by atoms with Crippen LogP contribution in [0.4, 0.5) is 10.1 Å². The first-order valence-corrected chi connectivity index (χ1v) is 6.07. The summed E-state index contributed by atoms with van der Waals surface area (Å²) in [6.07, 6.45) is 0. The standard InChI is InChI=1S/C12H15BrFNO3/c1-7-4-8(13)9(14)5-10(7)15-6-12(2,17)11(16)18-3/h4-5,15,17H,6H2,1-3H3. The molecule has 0 aliphatic heterocycles. The lowest BCUT2D eigenvalue weighted by molar-refractivity contribution is -0.158. The van der Waals surface area contributed by atoms with Gasteiger partial charge in [-0.1, -0.05) is 0 Å². The minimum absolute atomic E-state index is 0.0679. The van der Waals surface area contributed by atoms with E-state index in [9.17, 15) is 14.3 Å². The molecule has 0 heterocycles. The molecule has 100 valence electrons. The van der Waals surface area contributed by atoms with Crippen LogP contribution >= 0.6 is 15.9 Å². The number of benzene rings is 1. The first-order valence-electron chi connectivity index (χ1n) is 5.28. The van der Waals surface area contributed by atoms with Gasteiger partial charge in [-0.15, -0.1) is 0 Å². The van der Waals surface area contributed by atoms with Gasteiger partial charge >= 0.3 is 5.97 Å². The number of esters is 1. The van der Waals surface area contributed by atoms with Gasteiger partial charge < -0.3 is 15.2 Å². The molecule has 0 aliphatic rings. The Morgan fingerprint density at radius 2 is 2.22 bits per heavy atom. The number of carbonyl (C=O) groups is 1. The first-order chi connectivity index (χ1) is 8.27. The number of methoxy groups -OCH3 is 1. The molecule has 1 aromatic rings. The van der Waals surface area contributed by atoms with Crippen molar-refractivity contribution in [3.8, 4) is 0 Å². The monoisotopic (exact) mass is 319 g/mol. The molecule has 4 nitrogen and oxygen atoms in total. The average Bonchev–Trinajstić information content (AvgIpc) is 2.31. The summed E-state index contributed by atoms with van der Waals surface area (Å²) in [6.45, 7) is 3.05. The number of anilines is 1. The van der Waals surface area contributed by atoms with Crippen molar-refractivity contribution in [1.82, 2.24) is 0 Å². The topological polar surface area (TPSA) is 58.6 Å². The van der Waals surface area contributed by atoms with Crippen molar-refractivity contribution >= 4 is 27.6 Å². The zero-order chi connectivity index (χ0) is 13.9. The van der Waals surface area contributed by atoms with Crippen molar-refractivity contribution in [2.24, 2.45) is 0 Å². The van der Waals surface area contributed by atoms with Crippen LogP contribution in [-0.2, 0) is 9.53 Å². The van der Waals surface area contributed by atoms with Gasteiger partial charge in [0.2, 0.25) is 0 Å². The number of carbonyl (C=O) groups excluding carboxylic acids is 1. The number of hydrogen-bond donors (Lipinski definition) is 2. The molecular formula is C12H15BrFNO3. The van der Waals surface area contributed by atoms with E-state index in [1.807, 2.05) is 0 Å². The van der Waals surface area contributed by atoms with E-state index in [0.717, 1.165) is 5.56 Å². The molecule has 0 bridgehead atoms. The Morgan fingerprint density at radius 3 is 2.78 bits per heavy atom. The molecule has 2 N–H and O–H groups in total. The van der Waals surface area contributed by atoms with E-state index >= 15 is 0 Å². The third-order valence-corrected chi connectivity index (χ3v) is 3.12. The number of halogens is 2. The van der Waals surface area contributed by atoms with E-state index in [2.05, 4.69) is 26.0 Å². The summed E-state index contributed by atoms with van der Waals surface area (Å²) in [5.41, 5.74) is -0.353. The van der Waals surface area contributed by atoms with Crippen LogP contribution in [0.1, 0.15) is 12.5 Å². The van der Waals surface area contributed by atoms with Crippen LogP contribution in [0.3, 0.4) is 0 Å². The van der Waals surface area contributed by atoms with Crippen molar-refractivity contribution in [2.45, 2.75) is 19.4 Å². The number of nitrogens with one attached hydrogen (secondary N) is 1. The average molecular weight is 320 g/mol. The highest BCUT2D eigenvalue weighted by atomic mass is 79.9. The third-order valence-electron chi connectivity index (χ3n) is 2.52. The van der Waals surface area contributed by atoms with Gasteiger partial charge in [-0.25, -0.2) is 9.18 Å². The summed E-state index contributed by atoms with van der Waals surface area (Å²) in [7, 11) is 1.20. The van der Waals surface area contributed by atoms with Gasteiger partial charge in [0.05, 0.1) is 18.1 Å². The van der Waals surface area contributed by atoms with Crippen LogP contribution in [0.25, 0.3) is 0 Å². The van der Waals surface area contributed by atoms with E-state index in [-0.39, 0.29) is 6.54 Å². The van der Waals surface area contributed by atoms with Crippen LogP contribution in [-0.4, -0.2) is 30.3 Å². The molecule has 1 unspecified atom stereocenters. The van der Waals surface area contributed by atoms with E-state index in [1.165, 1.54) is 20.1 Å². The molecule has 0 amide bonds. The molecule has 1 aromatic carbocycles. The zero-order valence-electron chi connectivity index (χ0n) is 10.4. The highest BCUT2D eigenvalue weighted by Gasteiger charge is 2.31. The summed E-state index contributed by atoms with van der Waals surface area (Å²) in [5, 5.41) is 12.6. The molecular weight excluding hydrogens is 305 g/mol. The maximum absolute atomic E-state index is 13.4. The summed E-state index contributed by atoms with van der Waals surface area (Å²) in [5.74, 6) is -1.16. The largest absolute Gasteiger partial charge is 0.467 e. The number of rotatable bonds is 4. The fourth-order valence-electron chi connectivity index (χ4n) is 1.40. The van der Waals surface area contributed by atoms with Crippen LogP contribution in [0.5, 0.6) is 0 Å². The Kier molecular flexibility index (Phi) is 4.70. The van der Waals surface area contributed by atoms with E-state index in [4.69, 9.17) is 0 Å². The lowest BCUT2D eigenvalue weighted by Crippen LogP contribution is -2.42. The Morgan fingerprint density at radius 1 is 1.61 bits per heavy atom. The quantitative estimate of drug-likeness (QED) is 0.836. The van der Waals surface area contributed by atoms with Gasteiger partial charge in [-0.2, -0.15) is 0 Å². The predicted octanol–water partition coefficient (Wildman–Crippen LogP) is 2.23. The van der Waals surface area contributed by atoms with Crippen LogP contribution in [0.2, 0.25) is 0 Å². The SMILES string of the molecule is COC(=O)C(C)(O)CNc1cc(F)c(Br)cc1C. The maximum atomic E-state index is 13.4. The van der Waals surface area contributed by atoms with Crippen molar-refractivity contribution < 1.29 is 19.0 Å². The summed E-state index contributed by atoms with van der Waals surface area (Å²) in [4.78, 5) is 11.3. The molecule has 18 heavy (non-hydrogen) atoms. The fourth-order valence-corrected chi connectivity index (χ4v) is 1.85. The number of hydrogen-bond acceptors (Lipinski definition) is 4. The molecule has 1 atom stereocenters. The molecule has 0 spiro atoms. The first kappa shape index (κ1) is 14.9. The fraction of sp³-hybridized carbons (Fsp3) is 0.417. The number of aryl methyl sites for hydroxylation is 1. The normalized spacial score (nSPS) is 13.9. The second-order valence-corrected chi connectivity index (χ2v) is 5.05. The molecule has 0 saturated carbocycles.